The van der Waals surface area contributed by atoms with Gasteiger partial charge in [0.25, 0.3) is 0 Å². The van der Waals surface area contributed by atoms with Crippen LogP contribution in [-0.2, 0) is 11.2 Å². The van der Waals surface area contributed by atoms with Crippen molar-refractivity contribution < 1.29 is 4.79 Å². The third-order valence-electron chi connectivity index (χ3n) is 4.58. The second-order valence-corrected chi connectivity index (χ2v) is 6.05. The predicted molar refractivity (Wildman–Crippen MR) is 75.8 cm³/mol. The number of nitrogens with zero attached hydrogens (tertiary/aromatic N) is 1. The molecule has 3 atom stereocenters. The van der Waals surface area contributed by atoms with E-state index in [9.17, 15) is 4.79 Å². The molecule has 0 unspecified atom stereocenters. The Morgan fingerprint density at radius 1 is 1.32 bits per heavy atom. The molecule has 2 aliphatic heterocycles. The molecule has 1 amide bonds. The molecule has 102 valence electrons. The van der Waals surface area contributed by atoms with Gasteiger partial charge in [-0.05, 0) is 50.7 Å². The molecule has 2 heterocycles. The van der Waals surface area contributed by atoms with Crippen LogP contribution in [0, 0.1) is 6.92 Å². The monoisotopic (exact) mass is 258 g/mol. The summed E-state index contributed by atoms with van der Waals surface area (Å²) in [7, 11) is 0. The quantitative estimate of drug-likeness (QED) is 0.776. The molecule has 0 aliphatic carbocycles. The molecule has 1 fully saturated rings. The van der Waals surface area contributed by atoms with Gasteiger partial charge in [0.05, 0.1) is 12.1 Å². The van der Waals surface area contributed by atoms with Gasteiger partial charge in [-0.25, -0.2) is 0 Å². The van der Waals surface area contributed by atoms with E-state index in [4.69, 9.17) is 5.73 Å². The number of rotatable bonds is 0. The topological polar surface area (TPSA) is 46.3 Å². The van der Waals surface area contributed by atoms with Crippen molar-refractivity contribution in [3.8, 4) is 0 Å². The Bertz CT molecular complexity index is 511. The minimum absolute atomic E-state index is 0.131. The normalized spacial score (nSPS) is 30.6. The number of fused-ring (bicyclic) bond motifs is 3. The van der Waals surface area contributed by atoms with Crippen LogP contribution in [0.4, 0.5) is 0 Å². The number of amides is 1. The second kappa shape index (κ2) is 4.64. The van der Waals surface area contributed by atoms with Crippen LogP contribution in [0.25, 0.3) is 0 Å². The van der Waals surface area contributed by atoms with Gasteiger partial charge in [0.2, 0.25) is 5.91 Å². The van der Waals surface area contributed by atoms with E-state index in [1.807, 2.05) is 0 Å². The first-order valence-corrected chi connectivity index (χ1v) is 7.25. The van der Waals surface area contributed by atoms with Crippen LogP contribution in [0.3, 0.4) is 0 Å². The molecule has 0 bridgehead atoms. The van der Waals surface area contributed by atoms with E-state index in [-0.39, 0.29) is 18.0 Å². The van der Waals surface area contributed by atoms with Crippen molar-refractivity contribution in [2.24, 2.45) is 5.73 Å². The Balaban J connectivity index is 2.12. The van der Waals surface area contributed by atoms with Gasteiger partial charge in [0.1, 0.15) is 0 Å². The van der Waals surface area contributed by atoms with Crippen molar-refractivity contribution in [3.05, 3.63) is 34.9 Å². The lowest BCUT2D eigenvalue weighted by molar-refractivity contribution is -0.138. The first-order chi connectivity index (χ1) is 9.08. The summed E-state index contributed by atoms with van der Waals surface area (Å²) < 4.78 is 0. The van der Waals surface area contributed by atoms with Gasteiger partial charge in [-0.1, -0.05) is 23.8 Å². The molecule has 0 aromatic heterocycles. The maximum Gasteiger partial charge on any atom is 0.240 e. The summed E-state index contributed by atoms with van der Waals surface area (Å²) in [5, 5.41) is 0. The predicted octanol–water partition coefficient (Wildman–Crippen LogP) is 2.32. The Morgan fingerprint density at radius 2 is 2.11 bits per heavy atom. The number of aryl methyl sites for hydroxylation is 1. The molecular weight excluding hydrogens is 236 g/mol. The van der Waals surface area contributed by atoms with Crippen LogP contribution in [0.1, 0.15) is 48.9 Å². The van der Waals surface area contributed by atoms with E-state index < -0.39 is 0 Å². The van der Waals surface area contributed by atoms with Crippen LogP contribution < -0.4 is 5.73 Å². The molecule has 3 heteroatoms. The first kappa shape index (κ1) is 12.7. The Labute approximate surface area is 114 Å². The lowest BCUT2D eigenvalue weighted by atomic mass is 9.89. The van der Waals surface area contributed by atoms with Gasteiger partial charge in [0, 0.05) is 6.04 Å². The van der Waals surface area contributed by atoms with Crippen molar-refractivity contribution in [1.29, 1.82) is 0 Å². The van der Waals surface area contributed by atoms with Crippen molar-refractivity contribution in [1.82, 2.24) is 4.90 Å². The summed E-state index contributed by atoms with van der Waals surface area (Å²) in [6.07, 6.45) is 4.03. The summed E-state index contributed by atoms with van der Waals surface area (Å²) in [6, 6.07) is 6.69. The summed E-state index contributed by atoms with van der Waals surface area (Å²) in [6.45, 7) is 4.26. The largest absolute Gasteiger partial charge is 0.332 e. The third-order valence-corrected chi connectivity index (χ3v) is 4.58. The van der Waals surface area contributed by atoms with Gasteiger partial charge in [-0.15, -0.1) is 0 Å². The highest BCUT2D eigenvalue weighted by molar-refractivity contribution is 5.83. The van der Waals surface area contributed by atoms with Gasteiger partial charge >= 0.3 is 0 Å². The van der Waals surface area contributed by atoms with Crippen molar-refractivity contribution in [2.75, 3.05) is 0 Å². The van der Waals surface area contributed by atoms with E-state index in [1.54, 1.807) is 0 Å². The van der Waals surface area contributed by atoms with E-state index >= 15 is 0 Å². The first-order valence-electron chi connectivity index (χ1n) is 7.25. The number of carbonyl (C=O) groups is 1. The van der Waals surface area contributed by atoms with E-state index in [0.717, 1.165) is 12.8 Å². The van der Waals surface area contributed by atoms with Crippen LogP contribution in [-0.4, -0.2) is 22.9 Å². The SMILES string of the molecule is Cc1ccc2c(c1)[C@H]1CCC[C@@H](C)N1C(=O)[C@@H](N)C2. The molecule has 1 aromatic carbocycles. The highest BCUT2D eigenvalue weighted by atomic mass is 16.2. The van der Waals surface area contributed by atoms with Crippen molar-refractivity contribution in [2.45, 2.75) is 57.7 Å². The molecule has 1 aromatic rings. The highest BCUT2D eigenvalue weighted by Gasteiger charge is 2.38. The van der Waals surface area contributed by atoms with Crippen LogP contribution >= 0.6 is 0 Å². The lowest BCUT2D eigenvalue weighted by Crippen LogP contribution is -2.50. The Hall–Kier alpha value is -1.35. The fraction of sp³-hybridized carbons (Fsp3) is 0.562. The van der Waals surface area contributed by atoms with Crippen molar-refractivity contribution >= 4 is 5.91 Å². The van der Waals surface area contributed by atoms with Crippen LogP contribution in [0.5, 0.6) is 0 Å². The molecule has 3 nitrogen and oxygen atoms in total. The fourth-order valence-electron chi connectivity index (χ4n) is 3.59. The zero-order valence-corrected chi connectivity index (χ0v) is 11.7. The minimum atomic E-state index is -0.382. The summed E-state index contributed by atoms with van der Waals surface area (Å²) in [5.41, 5.74) is 9.96. The maximum absolute atomic E-state index is 12.5. The van der Waals surface area contributed by atoms with Gasteiger partial charge in [-0.2, -0.15) is 0 Å². The zero-order chi connectivity index (χ0) is 13.6. The molecular formula is C16H22N2O. The number of hydrogen-bond donors (Lipinski definition) is 1. The molecule has 0 saturated carbocycles. The highest BCUT2D eigenvalue weighted by Crippen LogP contribution is 2.39. The third kappa shape index (κ3) is 2.06. The fourth-order valence-corrected chi connectivity index (χ4v) is 3.59. The van der Waals surface area contributed by atoms with Crippen LogP contribution in [0.2, 0.25) is 0 Å². The second-order valence-electron chi connectivity index (χ2n) is 6.05. The number of benzene rings is 1. The molecule has 19 heavy (non-hydrogen) atoms. The van der Waals surface area contributed by atoms with Crippen molar-refractivity contribution in [3.63, 3.8) is 0 Å². The number of nitrogens with two attached hydrogens (primary N) is 1. The summed E-state index contributed by atoms with van der Waals surface area (Å²) in [4.78, 5) is 14.6. The Morgan fingerprint density at radius 3 is 2.89 bits per heavy atom. The average Bonchev–Trinajstić information content (AvgIpc) is 2.48. The zero-order valence-electron chi connectivity index (χ0n) is 11.7. The maximum atomic E-state index is 12.5. The van der Waals surface area contributed by atoms with Gasteiger partial charge < -0.3 is 10.6 Å². The molecule has 0 radical (unpaired) electrons. The minimum Gasteiger partial charge on any atom is -0.332 e. The summed E-state index contributed by atoms with van der Waals surface area (Å²) >= 11 is 0. The molecule has 2 aliphatic rings. The molecule has 3 rings (SSSR count). The van der Waals surface area contributed by atoms with Gasteiger partial charge in [-0.3, -0.25) is 4.79 Å². The van der Waals surface area contributed by atoms with Crippen LogP contribution in [0.15, 0.2) is 18.2 Å². The lowest BCUT2D eigenvalue weighted by Gasteiger charge is -2.41. The molecule has 1 saturated heterocycles. The van der Waals surface area contributed by atoms with Gasteiger partial charge in [0.15, 0.2) is 0 Å². The standard InChI is InChI=1S/C16H22N2O/c1-10-6-7-12-9-14(17)16(19)18-11(2)4-3-5-15(18)13(12)8-10/h6-8,11,14-15H,3-5,9,17H2,1-2H3/t11-,14+,15-/m1/s1. The summed E-state index contributed by atoms with van der Waals surface area (Å²) in [5.74, 6) is 0.131. The van der Waals surface area contributed by atoms with E-state index in [0.29, 0.717) is 12.5 Å². The Kier molecular flexibility index (Phi) is 3.09. The van der Waals surface area contributed by atoms with E-state index in [1.165, 1.54) is 23.1 Å². The van der Waals surface area contributed by atoms with E-state index in [2.05, 4.69) is 36.9 Å². The number of carbonyl (C=O) groups excluding carboxylic acids is 1. The number of hydrogen-bond acceptors (Lipinski definition) is 2. The molecule has 0 spiro atoms. The molecule has 2 N–H and O–H groups in total. The smallest absolute Gasteiger partial charge is 0.240 e. The number of piperidine rings is 1. The average molecular weight is 258 g/mol.